The van der Waals surface area contributed by atoms with Crippen LogP contribution in [0, 0.1) is 5.82 Å². The zero-order valence-electron chi connectivity index (χ0n) is 15.0. The molecule has 6 nitrogen and oxygen atoms in total. The molecule has 0 spiro atoms. The number of amides is 1. The van der Waals surface area contributed by atoms with E-state index in [2.05, 4.69) is 10.1 Å². The Kier molecular flexibility index (Phi) is 4.76. The SMILES string of the molecule is COC1CN(C(=O)Cn2ncc3ncc(-c4ccc(F)c(C(F)F)c4)cc32)C1. The number of methoxy groups -OCH3 is 1. The summed E-state index contributed by atoms with van der Waals surface area (Å²) in [6.07, 6.45) is 0.203. The summed E-state index contributed by atoms with van der Waals surface area (Å²) in [5, 5.41) is 4.21. The van der Waals surface area contributed by atoms with Crippen molar-refractivity contribution in [3.05, 3.63) is 48.0 Å². The fourth-order valence-corrected chi connectivity index (χ4v) is 3.15. The number of nitrogens with zero attached hydrogens (tertiary/aromatic N) is 4. The normalized spacial score (nSPS) is 14.7. The van der Waals surface area contributed by atoms with Crippen molar-refractivity contribution in [2.45, 2.75) is 19.1 Å². The first-order valence-corrected chi connectivity index (χ1v) is 8.66. The number of alkyl halides is 2. The molecule has 146 valence electrons. The lowest BCUT2D eigenvalue weighted by Crippen LogP contribution is -2.55. The van der Waals surface area contributed by atoms with Crippen molar-refractivity contribution in [2.24, 2.45) is 0 Å². The van der Waals surface area contributed by atoms with Gasteiger partial charge in [0.15, 0.2) is 0 Å². The summed E-state index contributed by atoms with van der Waals surface area (Å²) in [7, 11) is 1.61. The Morgan fingerprint density at radius 2 is 2.04 bits per heavy atom. The largest absolute Gasteiger partial charge is 0.378 e. The lowest BCUT2D eigenvalue weighted by molar-refractivity contribution is -0.143. The third-order valence-electron chi connectivity index (χ3n) is 4.88. The Labute approximate surface area is 158 Å². The van der Waals surface area contributed by atoms with Crippen molar-refractivity contribution < 1.29 is 22.7 Å². The molecular formula is C19H17F3N4O2. The molecule has 3 heterocycles. The first-order chi connectivity index (χ1) is 13.5. The zero-order chi connectivity index (χ0) is 19.8. The third-order valence-corrected chi connectivity index (χ3v) is 4.88. The van der Waals surface area contributed by atoms with Gasteiger partial charge < -0.3 is 9.64 Å². The Bertz CT molecular complexity index is 1030. The number of rotatable bonds is 5. The molecule has 0 saturated carbocycles. The maximum absolute atomic E-state index is 13.6. The summed E-state index contributed by atoms with van der Waals surface area (Å²) in [5.74, 6) is -1.04. The van der Waals surface area contributed by atoms with Gasteiger partial charge in [-0.15, -0.1) is 0 Å². The van der Waals surface area contributed by atoms with E-state index in [0.717, 1.165) is 12.1 Å². The minimum Gasteiger partial charge on any atom is -0.378 e. The summed E-state index contributed by atoms with van der Waals surface area (Å²) in [6.45, 7) is 1.13. The van der Waals surface area contributed by atoms with Crippen LogP contribution in [0.2, 0.25) is 0 Å². The second kappa shape index (κ2) is 7.23. The highest BCUT2D eigenvalue weighted by molar-refractivity contribution is 5.83. The second-order valence-corrected chi connectivity index (χ2v) is 6.62. The second-order valence-electron chi connectivity index (χ2n) is 6.62. The van der Waals surface area contributed by atoms with Crippen LogP contribution < -0.4 is 0 Å². The maximum atomic E-state index is 13.6. The van der Waals surface area contributed by atoms with Crippen molar-refractivity contribution in [1.82, 2.24) is 19.7 Å². The average molecular weight is 390 g/mol. The van der Waals surface area contributed by atoms with Gasteiger partial charge in [-0.25, -0.2) is 13.2 Å². The minimum atomic E-state index is -2.91. The molecule has 0 radical (unpaired) electrons. The molecule has 0 atom stereocenters. The average Bonchev–Trinajstić information content (AvgIpc) is 3.03. The molecule has 1 aromatic carbocycles. The van der Waals surface area contributed by atoms with Gasteiger partial charge in [-0.1, -0.05) is 6.07 Å². The van der Waals surface area contributed by atoms with Gasteiger partial charge in [0.05, 0.1) is 23.4 Å². The molecule has 4 rings (SSSR count). The molecule has 0 bridgehead atoms. The molecular weight excluding hydrogens is 373 g/mol. The molecule has 9 heteroatoms. The van der Waals surface area contributed by atoms with Gasteiger partial charge in [0, 0.05) is 32.0 Å². The number of fused-ring (bicyclic) bond motifs is 1. The number of hydrogen-bond acceptors (Lipinski definition) is 4. The van der Waals surface area contributed by atoms with Gasteiger partial charge in [0.25, 0.3) is 6.43 Å². The van der Waals surface area contributed by atoms with Crippen LogP contribution in [0.3, 0.4) is 0 Å². The van der Waals surface area contributed by atoms with Gasteiger partial charge in [-0.3, -0.25) is 14.5 Å². The van der Waals surface area contributed by atoms with E-state index in [-0.39, 0.29) is 18.6 Å². The Hall–Kier alpha value is -2.94. The number of carbonyl (C=O) groups is 1. The molecule has 1 fully saturated rings. The molecule has 1 amide bonds. The monoisotopic (exact) mass is 390 g/mol. The Balaban J connectivity index is 1.62. The predicted octanol–water partition coefficient (Wildman–Crippen LogP) is 3.03. The van der Waals surface area contributed by atoms with Gasteiger partial charge in [0.2, 0.25) is 5.91 Å². The molecule has 1 saturated heterocycles. The first-order valence-electron chi connectivity index (χ1n) is 8.66. The summed E-state index contributed by atoms with van der Waals surface area (Å²) < 4.78 is 46.2. The fraction of sp³-hybridized carbons (Fsp3) is 0.316. The number of hydrogen-bond donors (Lipinski definition) is 0. The highest BCUT2D eigenvalue weighted by atomic mass is 19.3. The number of likely N-dealkylation sites (tertiary alicyclic amines) is 1. The van der Waals surface area contributed by atoms with Crippen molar-refractivity contribution in [3.8, 4) is 11.1 Å². The van der Waals surface area contributed by atoms with Gasteiger partial charge >= 0.3 is 0 Å². The van der Waals surface area contributed by atoms with Crippen LogP contribution in [0.4, 0.5) is 13.2 Å². The van der Waals surface area contributed by atoms with Crippen LogP contribution in [-0.4, -0.2) is 51.9 Å². The van der Waals surface area contributed by atoms with Gasteiger partial charge in [-0.05, 0) is 23.8 Å². The van der Waals surface area contributed by atoms with Crippen LogP contribution >= 0.6 is 0 Å². The Morgan fingerprint density at radius 3 is 2.75 bits per heavy atom. The lowest BCUT2D eigenvalue weighted by atomic mass is 10.0. The van der Waals surface area contributed by atoms with E-state index in [1.165, 1.54) is 23.1 Å². The van der Waals surface area contributed by atoms with Crippen LogP contribution in [0.1, 0.15) is 12.0 Å². The lowest BCUT2D eigenvalue weighted by Gasteiger charge is -2.38. The molecule has 0 N–H and O–H groups in total. The molecule has 2 aromatic heterocycles. The number of halogens is 3. The summed E-state index contributed by atoms with van der Waals surface area (Å²) in [5.41, 5.74) is 1.46. The molecule has 0 aliphatic carbocycles. The topological polar surface area (TPSA) is 60.2 Å². The van der Waals surface area contributed by atoms with Crippen molar-refractivity contribution in [2.75, 3.05) is 20.2 Å². The van der Waals surface area contributed by atoms with Crippen molar-refractivity contribution in [3.63, 3.8) is 0 Å². The minimum absolute atomic E-state index is 0.0385. The van der Waals surface area contributed by atoms with Crippen LogP contribution in [0.25, 0.3) is 22.2 Å². The molecule has 28 heavy (non-hydrogen) atoms. The van der Waals surface area contributed by atoms with Crippen molar-refractivity contribution in [1.29, 1.82) is 0 Å². The molecule has 0 unspecified atom stereocenters. The Morgan fingerprint density at radius 1 is 1.25 bits per heavy atom. The number of aromatic nitrogens is 3. The summed E-state index contributed by atoms with van der Waals surface area (Å²) in [4.78, 5) is 18.3. The number of ether oxygens (including phenoxy) is 1. The van der Waals surface area contributed by atoms with E-state index in [4.69, 9.17) is 4.74 Å². The van der Waals surface area contributed by atoms with E-state index < -0.39 is 17.8 Å². The zero-order valence-corrected chi connectivity index (χ0v) is 15.0. The number of carbonyl (C=O) groups excluding carboxylic acids is 1. The third kappa shape index (κ3) is 3.33. The highest BCUT2D eigenvalue weighted by Crippen LogP contribution is 2.29. The van der Waals surface area contributed by atoms with E-state index in [9.17, 15) is 18.0 Å². The predicted molar refractivity (Wildman–Crippen MR) is 95.3 cm³/mol. The molecule has 3 aromatic rings. The van der Waals surface area contributed by atoms with E-state index in [0.29, 0.717) is 35.2 Å². The van der Waals surface area contributed by atoms with Gasteiger partial charge in [-0.2, -0.15) is 5.10 Å². The van der Waals surface area contributed by atoms with Crippen molar-refractivity contribution >= 4 is 16.9 Å². The van der Waals surface area contributed by atoms with E-state index >= 15 is 0 Å². The number of benzene rings is 1. The maximum Gasteiger partial charge on any atom is 0.266 e. The number of pyridine rings is 1. The first kappa shape index (κ1) is 18.4. The quantitative estimate of drug-likeness (QED) is 0.672. The smallest absolute Gasteiger partial charge is 0.266 e. The standard InChI is InChI=1S/C19H17F3N4O2/c1-28-13-8-25(9-13)18(27)10-26-17-5-12(6-23-16(17)7-24-26)11-2-3-15(20)14(4-11)19(21)22/h2-7,13,19H,8-10H2,1H3. The molecule has 1 aliphatic heterocycles. The summed E-state index contributed by atoms with van der Waals surface area (Å²) >= 11 is 0. The van der Waals surface area contributed by atoms with E-state index in [1.807, 2.05) is 0 Å². The van der Waals surface area contributed by atoms with E-state index in [1.54, 1.807) is 18.1 Å². The van der Waals surface area contributed by atoms with Gasteiger partial charge in [0.1, 0.15) is 17.9 Å². The van der Waals surface area contributed by atoms with Crippen LogP contribution in [0.15, 0.2) is 36.7 Å². The summed E-state index contributed by atoms with van der Waals surface area (Å²) in [6, 6.07) is 5.25. The highest BCUT2D eigenvalue weighted by Gasteiger charge is 2.30. The molecule has 1 aliphatic rings. The van der Waals surface area contributed by atoms with Crippen LogP contribution in [-0.2, 0) is 16.1 Å². The fourth-order valence-electron chi connectivity index (χ4n) is 3.15. The van der Waals surface area contributed by atoms with Crippen LogP contribution in [0.5, 0.6) is 0 Å².